The quantitative estimate of drug-likeness (QED) is 0.741. The van der Waals surface area contributed by atoms with Crippen LogP contribution in [0.1, 0.15) is 23.2 Å². The first-order chi connectivity index (χ1) is 8.75. The highest BCUT2D eigenvalue weighted by atomic mass is 19.1. The maximum atomic E-state index is 13.5. The molecule has 1 aromatic rings. The van der Waals surface area contributed by atoms with Crippen LogP contribution in [0.4, 0.5) is 4.39 Å². The van der Waals surface area contributed by atoms with E-state index in [2.05, 4.69) is 9.88 Å². The van der Waals surface area contributed by atoms with Crippen molar-refractivity contribution in [2.24, 2.45) is 0 Å². The molecular weight excluding hydrogens is 235 g/mol. The van der Waals surface area contributed by atoms with E-state index in [1.807, 2.05) is 0 Å². The lowest BCUT2D eigenvalue weighted by Crippen LogP contribution is -2.49. The number of carbonyl (C=O) groups excluding carboxylic acids is 1. The largest absolute Gasteiger partial charge is 0.367 e. The summed E-state index contributed by atoms with van der Waals surface area (Å²) in [6, 6.07) is 1.85. The Labute approximate surface area is 105 Å². The Bertz CT molecular complexity index is 466. The molecule has 0 saturated carbocycles. The van der Waals surface area contributed by atoms with Crippen molar-refractivity contribution in [3.63, 3.8) is 0 Å². The van der Waals surface area contributed by atoms with E-state index in [1.54, 1.807) is 0 Å². The lowest BCUT2D eigenvalue weighted by atomic mass is 10.0. The van der Waals surface area contributed by atoms with Crippen molar-refractivity contribution < 1.29 is 13.9 Å². The number of ketones is 1. The molecule has 1 aromatic heterocycles. The molecule has 0 bridgehead atoms. The number of ether oxygens (including phenoxy) is 1. The molecule has 0 aliphatic carbocycles. The number of Topliss-reactive ketones (excluding diaryl/α,β-unsaturated/α-hetero) is 1. The van der Waals surface area contributed by atoms with Crippen LogP contribution in [-0.2, 0) is 4.74 Å². The first-order valence-electron chi connectivity index (χ1n) is 6.25. The minimum atomic E-state index is -0.574. The molecule has 0 radical (unpaired) electrons. The third kappa shape index (κ3) is 2.04. The van der Waals surface area contributed by atoms with Crippen LogP contribution in [0.5, 0.6) is 0 Å². The lowest BCUT2D eigenvalue weighted by molar-refractivity contribution is -0.0346. The fourth-order valence-electron chi connectivity index (χ4n) is 2.72. The van der Waals surface area contributed by atoms with Gasteiger partial charge in [0.2, 0.25) is 0 Å². The van der Waals surface area contributed by atoms with Crippen molar-refractivity contribution in [3.8, 4) is 0 Å². The summed E-state index contributed by atoms with van der Waals surface area (Å²) in [5.41, 5.74) is 0.0765. The van der Waals surface area contributed by atoms with E-state index in [9.17, 15) is 9.18 Å². The zero-order valence-corrected chi connectivity index (χ0v) is 10.0. The summed E-state index contributed by atoms with van der Waals surface area (Å²) >= 11 is 0. The van der Waals surface area contributed by atoms with Gasteiger partial charge in [0.05, 0.1) is 18.4 Å². The lowest BCUT2D eigenvalue weighted by Gasteiger charge is -2.34. The van der Waals surface area contributed by atoms with E-state index in [0.717, 1.165) is 25.6 Å². The zero-order chi connectivity index (χ0) is 12.5. The van der Waals surface area contributed by atoms with Gasteiger partial charge in [-0.15, -0.1) is 0 Å². The fraction of sp³-hybridized carbons (Fsp3) is 0.538. The summed E-state index contributed by atoms with van der Waals surface area (Å²) in [5.74, 6) is -0.852. The molecule has 5 heteroatoms. The van der Waals surface area contributed by atoms with Gasteiger partial charge in [-0.3, -0.25) is 14.7 Å². The maximum absolute atomic E-state index is 13.5. The molecule has 3 rings (SSSR count). The summed E-state index contributed by atoms with van der Waals surface area (Å²) in [7, 11) is 0. The number of rotatable bonds is 2. The smallest absolute Gasteiger partial charge is 0.195 e. The topological polar surface area (TPSA) is 42.4 Å². The number of carbonyl (C=O) groups is 1. The molecule has 0 N–H and O–H groups in total. The number of pyridine rings is 1. The van der Waals surface area contributed by atoms with Crippen LogP contribution in [0, 0.1) is 5.82 Å². The Hall–Kier alpha value is -1.33. The first-order valence-corrected chi connectivity index (χ1v) is 6.25. The minimum absolute atomic E-state index is 0.0765. The molecule has 4 nitrogen and oxygen atoms in total. The zero-order valence-electron chi connectivity index (χ0n) is 10.0. The van der Waals surface area contributed by atoms with Gasteiger partial charge >= 0.3 is 0 Å². The summed E-state index contributed by atoms with van der Waals surface area (Å²) < 4.78 is 19.1. The summed E-state index contributed by atoms with van der Waals surface area (Å²) in [4.78, 5) is 18.1. The van der Waals surface area contributed by atoms with Crippen molar-refractivity contribution >= 4 is 5.78 Å². The van der Waals surface area contributed by atoms with Crippen molar-refractivity contribution in [1.29, 1.82) is 0 Å². The summed E-state index contributed by atoms with van der Waals surface area (Å²) in [6.07, 6.45) is 4.23. The Balaban J connectivity index is 1.75. The minimum Gasteiger partial charge on any atom is -0.367 e. The number of nitrogens with zero attached hydrogens (tertiary/aromatic N) is 2. The molecule has 2 unspecified atom stereocenters. The van der Waals surface area contributed by atoms with Gasteiger partial charge in [-0.25, -0.2) is 4.39 Å². The van der Waals surface area contributed by atoms with Crippen LogP contribution in [0.15, 0.2) is 18.5 Å². The molecule has 2 aliphatic heterocycles. The Morgan fingerprint density at radius 3 is 3.28 bits per heavy atom. The molecule has 0 amide bonds. The van der Waals surface area contributed by atoms with Crippen LogP contribution < -0.4 is 0 Å². The van der Waals surface area contributed by atoms with Crippen LogP contribution in [0.2, 0.25) is 0 Å². The molecular formula is C13H15FN2O2. The van der Waals surface area contributed by atoms with E-state index < -0.39 is 11.9 Å². The number of halogens is 1. The van der Waals surface area contributed by atoms with E-state index >= 15 is 0 Å². The predicted molar refractivity (Wildman–Crippen MR) is 62.9 cm³/mol. The third-order valence-electron chi connectivity index (χ3n) is 3.72. The Morgan fingerprint density at radius 2 is 2.44 bits per heavy atom. The van der Waals surface area contributed by atoms with Crippen molar-refractivity contribution in [2.75, 3.05) is 19.7 Å². The van der Waals surface area contributed by atoms with E-state index in [-0.39, 0.29) is 11.3 Å². The van der Waals surface area contributed by atoms with Gasteiger partial charge in [0.1, 0.15) is 6.10 Å². The van der Waals surface area contributed by atoms with Gasteiger partial charge in [0.25, 0.3) is 0 Å². The molecule has 3 heterocycles. The highest BCUT2D eigenvalue weighted by molar-refractivity contribution is 5.99. The molecule has 2 fully saturated rings. The van der Waals surface area contributed by atoms with Crippen molar-refractivity contribution in [2.45, 2.75) is 25.0 Å². The normalized spacial score (nSPS) is 28.1. The molecule has 96 valence electrons. The second-order valence-corrected chi connectivity index (χ2v) is 4.83. The second-order valence-electron chi connectivity index (χ2n) is 4.83. The third-order valence-corrected chi connectivity index (χ3v) is 3.72. The molecule has 2 atom stereocenters. The van der Waals surface area contributed by atoms with Crippen LogP contribution in [0.3, 0.4) is 0 Å². The van der Waals surface area contributed by atoms with Gasteiger partial charge in [-0.2, -0.15) is 0 Å². The van der Waals surface area contributed by atoms with Crippen LogP contribution in [0.25, 0.3) is 0 Å². The number of aromatic nitrogens is 1. The summed E-state index contributed by atoms with van der Waals surface area (Å²) in [5, 5.41) is 0. The van der Waals surface area contributed by atoms with E-state index in [1.165, 1.54) is 12.3 Å². The van der Waals surface area contributed by atoms with Gasteiger partial charge in [-0.1, -0.05) is 0 Å². The summed E-state index contributed by atoms with van der Waals surface area (Å²) in [6.45, 7) is 2.16. The first kappa shape index (κ1) is 11.7. The van der Waals surface area contributed by atoms with E-state index in [0.29, 0.717) is 19.2 Å². The highest BCUT2D eigenvalue weighted by Crippen LogP contribution is 2.24. The SMILES string of the molecule is O=C(c1ccncc1F)C1CN2CCCC2CO1. The fourth-order valence-corrected chi connectivity index (χ4v) is 2.72. The Kier molecular flexibility index (Phi) is 3.09. The van der Waals surface area contributed by atoms with Crippen molar-refractivity contribution in [3.05, 3.63) is 29.8 Å². The molecule has 2 aliphatic rings. The number of fused-ring (bicyclic) bond motifs is 1. The average molecular weight is 250 g/mol. The van der Waals surface area contributed by atoms with Crippen LogP contribution >= 0.6 is 0 Å². The van der Waals surface area contributed by atoms with E-state index in [4.69, 9.17) is 4.74 Å². The standard InChI is InChI=1S/C13H15FN2O2/c14-11-6-15-4-3-10(11)13(17)12-7-16-5-1-2-9(16)8-18-12/h3-4,6,9,12H,1-2,5,7-8H2. The molecule has 0 aromatic carbocycles. The Morgan fingerprint density at radius 1 is 1.56 bits per heavy atom. The van der Waals surface area contributed by atoms with Gasteiger partial charge in [-0.05, 0) is 25.5 Å². The number of hydrogen-bond donors (Lipinski definition) is 0. The van der Waals surface area contributed by atoms with Crippen molar-refractivity contribution in [1.82, 2.24) is 9.88 Å². The maximum Gasteiger partial charge on any atom is 0.195 e. The van der Waals surface area contributed by atoms with Gasteiger partial charge < -0.3 is 4.74 Å². The number of morpholine rings is 1. The second kappa shape index (κ2) is 4.74. The highest BCUT2D eigenvalue weighted by Gasteiger charge is 2.36. The molecule has 18 heavy (non-hydrogen) atoms. The van der Waals surface area contributed by atoms with Gasteiger partial charge in [0.15, 0.2) is 11.6 Å². The van der Waals surface area contributed by atoms with Gasteiger partial charge in [0, 0.05) is 18.8 Å². The van der Waals surface area contributed by atoms with Crippen LogP contribution in [-0.4, -0.2) is 47.5 Å². The monoisotopic (exact) mass is 250 g/mol. The molecule has 2 saturated heterocycles. The number of hydrogen-bond acceptors (Lipinski definition) is 4. The molecule has 0 spiro atoms. The average Bonchev–Trinajstić information content (AvgIpc) is 2.85. The predicted octanol–water partition coefficient (Wildman–Crippen LogP) is 1.27.